The quantitative estimate of drug-likeness (QED) is 0.830. The smallest absolute Gasteiger partial charge is 0.188 e. The van der Waals surface area contributed by atoms with Crippen LogP contribution in [0.5, 0.6) is 0 Å². The maximum Gasteiger partial charge on any atom is 0.188 e. The second-order valence-electron chi connectivity index (χ2n) is 3.22. The number of hydrogen-bond acceptors (Lipinski definition) is 4. The summed E-state index contributed by atoms with van der Waals surface area (Å²) in [5, 5.41) is 7.40. The Hall–Kier alpha value is -1.33. The number of benzene rings is 1. The molecule has 0 aliphatic heterocycles. The van der Waals surface area contributed by atoms with Crippen LogP contribution in [0.2, 0.25) is 0 Å². The van der Waals surface area contributed by atoms with Gasteiger partial charge in [-0.15, -0.1) is 0 Å². The molecule has 78 valence electrons. The number of nitrogens with two attached hydrogens (primary N) is 1. The number of nitrogens with one attached hydrogen (secondary N) is 1. The first-order chi connectivity index (χ1) is 7.27. The number of aromatic nitrogens is 3. The molecule has 4 nitrogen and oxygen atoms in total. The Balaban J connectivity index is 2.28. The highest BCUT2D eigenvalue weighted by Crippen LogP contribution is 2.29. The molecule has 0 bridgehead atoms. The zero-order chi connectivity index (χ0) is 10.7. The molecule has 2 rings (SSSR count). The van der Waals surface area contributed by atoms with E-state index in [4.69, 9.17) is 5.73 Å². The summed E-state index contributed by atoms with van der Waals surface area (Å²) < 4.78 is 0. The molecule has 0 aliphatic rings. The Bertz CT molecular complexity index is 425. The van der Waals surface area contributed by atoms with Crippen LogP contribution in [0.1, 0.15) is 18.5 Å². The molecule has 1 aromatic heterocycles. The summed E-state index contributed by atoms with van der Waals surface area (Å²) in [6.45, 7) is 1.97. The first-order valence-corrected chi connectivity index (χ1v) is 5.47. The van der Waals surface area contributed by atoms with Gasteiger partial charge in [-0.25, -0.2) is 4.98 Å². The van der Waals surface area contributed by atoms with Crippen LogP contribution in [0.4, 0.5) is 0 Å². The van der Waals surface area contributed by atoms with Gasteiger partial charge in [0.25, 0.3) is 0 Å². The van der Waals surface area contributed by atoms with Crippen LogP contribution in [0.3, 0.4) is 0 Å². The fourth-order valence-electron chi connectivity index (χ4n) is 1.30. The predicted molar refractivity (Wildman–Crippen MR) is 59.6 cm³/mol. The van der Waals surface area contributed by atoms with E-state index in [1.165, 1.54) is 6.33 Å². The highest BCUT2D eigenvalue weighted by molar-refractivity contribution is 7.99. The van der Waals surface area contributed by atoms with Crippen molar-refractivity contribution >= 4 is 11.8 Å². The van der Waals surface area contributed by atoms with Gasteiger partial charge in [0, 0.05) is 10.9 Å². The van der Waals surface area contributed by atoms with Crippen molar-refractivity contribution in [2.45, 2.75) is 23.0 Å². The third kappa shape index (κ3) is 2.37. The number of aromatic amines is 1. The van der Waals surface area contributed by atoms with E-state index in [1.807, 2.05) is 31.2 Å². The largest absolute Gasteiger partial charge is 0.324 e. The molecule has 1 atom stereocenters. The second kappa shape index (κ2) is 4.46. The fraction of sp³-hybridized carbons (Fsp3) is 0.200. The summed E-state index contributed by atoms with van der Waals surface area (Å²) in [4.78, 5) is 5.18. The Kier molecular flexibility index (Phi) is 3.03. The van der Waals surface area contributed by atoms with E-state index in [1.54, 1.807) is 11.8 Å². The van der Waals surface area contributed by atoms with Crippen molar-refractivity contribution in [1.82, 2.24) is 15.2 Å². The van der Waals surface area contributed by atoms with Gasteiger partial charge in [0.05, 0.1) is 0 Å². The molecule has 0 aliphatic carbocycles. The molecule has 0 fully saturated rings. The van der Waals surface area contributed by atoms with Gasteiger partial charge in [0.2, 0.25) is 0 Å². The highest BCUT2D eigenvalue weighted by atomic mass is 32.2. The summed E-state index contributed by atoms with van der Waals surface area (Å²) >= 11 is 1.54. The van der Waals surface area contributed by atoms with Gasteiger partial charge < -0.3 is 5.73 Å². The first kappa shape index (κ1) is 10.2. The third-order valence-corrected chi connectivity index (χ3v) is 2.99. The SMILES string of the molecule is C[C@H](N)c1ccccc1Sc1ncn[nH]1. The lowest BCUT2D eigenvalue weighted by molar-refractivity contribution is 0.796. The molecule has 0 spiro atoms. The molecule has 5 heteroatoms. The minimum atomic E-state index is 0.0246. The van der Waals surface area contributed by atoms with Crippen molar-refractivity contribution in [2.24, 2.45) is 5.73 Å². The lowest BCUT2D eigenvalue weighted by Gasteiger charge is -2.10. The van der Waals surface area contributed by atoms with Crippen LogP contribution < -0.4 is 5.73 Å². The van der Waals surface area contributed by atoms with E-state index in [9.17, 15) is 0 Å². The molecular weight excluding hydrogens is 208 g/mol. The molecule has 0 saturated heterocycles. The summed E-state index contributed by atoms with van der Waals surface area (Å²) in [7, 11) is 0. The number of nitrogens with zero attached hydrogens (tertiary/aromatic N) is 2. The lowest BCUT2D eigenvalue weighted by atomic mass is 10.1. The molecular formula is C10H12N4S. The second-order valence-corrected chi connectivity index (χ2v) is 4.25. The van der Waals surface area contributed by atoms with E-state index in [2.05, 4.69) is 15.2 Å². The molecule has 2 aromatic rings. The summed E-state index contributed by atoms with van der Waals surface area (Å²) in [6.07, 6.45) is 1.50. The van der Waals surface area contributed by atoms with E-state index >= 15 is 0 Å². The predicted octanol–water partition coefficient (Wildman–Crippen LogP) is 1.98. The normalized spacial score (nSPS) is 12.7. The fourth-order valence-corrected chi connectivity index (χ4v) is 2.22. The first-order valence-electron chi connectivity index (χ1n) is 4.65. The van der Waals surface area contributed by atoms with E-state index in [0.717, 1.165) is 15.6 Å². The van der Waals surface area contributed by atoms with Gasteiger partial charge in [-0.1, -0.05) is 30.0 Å². The number of rotatable bonds is 3. The minimum absolute atomic E-state index is 0.0246. The highest BCUT2D eigenvalue weighted by Gasteiger charge is 2.08. The van der Waals surface area contributed by atoms with Crippen molar-refractivity contribution in [1.29, 1.82) is 0 Å². The van der Waals surface area contributed by atoms with Crippen LogP contribution in [-0.4, -0.2) is 15.2 Å². The molecule has 0 unspecified atom stereocenters. The van der Waals surface area contributed by atoms with Crippen LogP contribution in [-0.2, 0) is 0 Å². The Labute approximate surface area is 92.3 Å². The van der Waals surface area contributed by atoms with Gasteiger partial charge in [-0.05, 0) is 18.6 Å². The summed E-state index contributed by atoms with van der Waals surface area (Å²) in [6, 6.07) is 8.07. The number of hydrogen-bond donors (Lipinski definition) is 2. The average Bonchev–Trinajstić information content (AvgIpc) is 2.71. The van der Waals surface area contributed by atoms with Crippen LogP contribution in [0, 0.1) is 0 Å². The average molecular weight is 220 g/mol. The van der Waals surface area contributed by atoms with E-state index in [0.29, 0.717) is 0 Å². The molecule has 1 aromatic carbocycles. The van der Waals surface area contributed by atoms with Crippen molar-refractivity contribution in [2.75, 3.05) is 0 Å². The van der Waals surface area contributed by atoms with Gasteiger partial charge in [0.1, 0.15) is 6.33 Å². The van der Waals surface area contributed by atoms with Gasteiger partial charge in [-0.2, -0.15) is 5.10 Å². The van der Waals surface area contributed by atoms with Crippen LogP contribution >= 0.6 is 11.8 Å². The topological polar surface area (TPSA) is 67.6 Å². The summed E-state index contributed by atoms with van der Waals surface area (Å²) in [5.41, 5.74) is 7.01. The molecule has 15 heavy (non-hydrogen) atoms. The van der Waals surface area contributed by atoms with Crippen molar-refractivity contribution in [3.8, 4) is 0 Å². The molecule has 0 amide bonds. The monoisotopic (exact) mass is 220 g/mol. The third-order valence-electron chi connectivity index (χ3n) is 2.01. The van der Waals surface area contributed by atoms with Crippen molar-refractivity contribution in [3.63, 3.8) is 0 Å². The van der Waals surface area contributed by atoms with Gasteiger partial charge in [-0.3, -0.25) is 5.10 Å². The zero-order valence-corrected chi connectivity index (χ0v) is 9.16. The van der Waals surface area contributed by atoms with Crippen molar-refractivity contribution < 1.29 is 0 Å². The molecule has 0 radical (unpaired) electrons. The summed E-state index contributed by atoms with van der Waals surface area (Å²) in [5.74, 6) is 0. The standard InChI is InChI=1S/C10H12N4S/c1-7(11)8-4-2-3-5-9(8)15-10-12-6-13-14-10/h2-7H,11H2,1H3,(H,12,13,14)/t7-/m0/s1. The number of H-pyrrole nitrogens is 1. The van der Waals surface area contributed by atoms with E-state index < -0.39 is 0 Å². The molecule has 3 N–H and O–H groups in total. The van der Waals surface area contributed by atoms with Gasteiger partial charge >= 0.3 is 0 Å². The van der Waals surface area contributed by atoms with Crippen LogP contribution in [0.25, 0.3) is 0 Å². The lowest BCUT2D eigenvalue weighted by Crippen LogP contribution is -2.06. The Morgan fingerprint density at radius 2 is 2.20 bits per heavy atom. The zero-order valence-electron chi connectivity index (χ0n) is 8.34. The van der Waals surface area contributed by atoms with Gasteiger partial charge in [0.15, 0.2) is 5.16 Å². The van der Waals surface area contributed by atoms with Crippen LogP contribution in [0.15, 0.2) is 40.6 Å². The Morgan fingerprint density at radius 3 is 2.87 bits per heavy atom. The minimum Gasteiger partial charge on any atom is -0.324 e. The van der Waals surface area contributed by atoms with Crippen molar-refractivity contribution in [3.05, 3.63) is 36.2 Å². The molecule has 0 saturated carbocycles. The maximum atomic E-state index is 5.88. The van der Waals surface area contributed by atoms with E-state index in [-0.39, 0.29) is 6.04 Å². The Morgan fingerprint density at radius 1 is 1.40 bits per heavy atom. The maximum absolute atomic E-state index is 5.88. The molecule has 1 heterocycles.